The minimum Gasteiger partial charge on any atom is -0.507 e. The van der Waals surface area contributed by atoms with Crippen LogP contribution in [-0.2, 0) is 11.3 Å². The highest BCUT2D eigenvalue weighted by atomic mass is 19.1. The Hall–Kier alpha value is -2.80. The van der Waals surface area contributed by atoms with Crippen LogP contribution in [0.4, 0.5) is 8.78 Å². The van der Waals surface area contributed by atoms with Gasteiger partial charge in [-0.3, -0.25) is 0 Å². The van der Waals surface area contributed by atoms with Crippen LogP contribution in [0.3, 0.4) is 0 Å². The Morgan fingerprint density at radius 3 is 2.12 bits per heavy atom. The van der Waals surface area contributed by atoms with E-state index < -0.39 is 6.10 Å². The number of nitrogens with one attached hydrogen (secondary N) is 1. The molecule has 3 N–H and O–H groups in total. The third kappa shape index (κ3) is 4.99. The summed E-state index contributed by atoms with van der Waals surface area (Å²) >= 11 is 0. The van der Waals surface area contributed by atoms with Gasteiger partial charge in [-0.1, -0.05) is 42.5 Å². The van der Waals surface area contributed by atoms with Crippen LogP contribution in [0.2, 0.25) is 0 Å². The summed E-state index contributed by atoms with van der Waals surface area (Å²) < 4.78 is 33.1. The normalized spacial score (nSPS) is 21.1. The van der Waals surface area contributed by atoms with Crippen molar-refractivity contribution in [1.29, 1.82) is 0 Å². The number of benzene rings is 3. The minimum absolute atomic E-state index is 0.247. The lowest BCUT2D eigenvalue weighted by Crippen LogP contribution is -2.50. The molecule has 0 spiro atoms. The molecule has 6 heteroatoms. The zero-order chi connectivity index (χ0) is 22.7. The van der Waals surface area contributed by atoms with Crippen LogP contribution in [0.5, 0.6) is 5.75 Å². The fraction of sp³-hybridized carbons (Fsp3) is 0.308. The molecular formula is C26H27F2NO3. The molecule has 0 bridgehead atoms. The standard InChI is InChI=1S/C26H27F2NO3/c1-16-3-2-4-19(26(16)31)14-29-22-15-32-24(13-23(22)30)25(17-5-9-20(27)10-6-17)18-7-11-21(28)12-8-18/h2-12,22-25,29-31H,13-15H2,1H3. The topological polar surface area (TPSA) is 61.7 Å². The number of aryl methyl sites for hydroxylation is 1. The molecule has 0 saturated carbocycles. The Morgan fingerprint density at radius 2 is 1.56 bits per heavy atom. The number of aliphatic hydroxyl groups is 1. The SMILES string of the molecule is Cc1cccc(CNC2COC(C(c3ccc(F)cc3)c3ccc(F)cc3)CC2O)c1O. The molecule has 168 valence electrons. The second-order valence-corrected chi connectivity index (χ2v) is 8.33. The Morgan fingerprint density at radius 1 is 0.969 bits per heavy atom. The van der Waals surface area contributed by atoms with Crippen LogP contribution < -0.4 is 5.32 Å². The van der Waals surface area contributed by atoms with E-state index in [1.807, 2.05) is 25.1 Å². The summed E-state index contributed by atoms with van der Waals surface area (Å²) in [5.74, 6) is -0.691. The van der Waals surface area contributed by atoms with Crippen molar-refractivity contribution in [1.82, 2.24) is 5.32 Å². The Kier molecular flexibility index (Phi) is 6.84. The molecule has 0 aliphatic carbocycles. The summed E-state index contributed by atoms with van der Waals surface area (Å²) in [5.41, 5.74) is 3.23. The first kappa shape index (κ1) is 22.4. The van der Waals surface area contributed by atoms with Crippen LogP contribution in [0.1, 0.15) is 34.6 Å². The molecule has 0 amide bonds. The quantitative estimate of drug-likeness (QED) is 0.532. The number of rotatable bonds is 6. The lowest BCUT2D eigenvalue weighted by atomic mass is 9.82. The van der Waals surface area contributed by atoms with Crippen LogP contribution in [0.25, 0.3) is 0 Å². The number of aromatic hydroxyl groups is 1. The number of hydrogen-bond donors (Lipinski definition) is 3. The van der Waals surface area contributed by atoms with Crippen molar-refractivity contribution in [2.75, 3.05) is 6.61 Å². The zero-order valence-electron chi connectivity index (χ0n) is 17.8. The second-order valence-electron chi connectivity index (χ2n) is 8.33. The molecule has 1 fully saturated rings. The monoisotopic (exact) mass is 439 g/mol. The van der Waals surface area contributed by atoms with Crippen molar-refractivity contribution >= 4 is 0 Å². The summed E-state index contributed by atoms with van der Waals surface area (Å²) in [6, 6.07) is 17.6. The predicted octanol–water partition coefficient (Wildman–Crippen LogP) is 4.42. The molecular weight excluding hydrogens is 412 g/mol. The van der Waals surface area contributed by atoms with Gasteiger partial charge in [-0.05, 0) is 47.9 Å². The molecule has 0 radical (unpaired) electrons. The first-order valence-electron chi connectivity index (χ1n) is 10.7. The van der Waals surface area contributed by atoms with Crippen LogP contribution in [0, 0.1) is 18.6 Å². The van der Waals surface area contributed by atoms with Gasteiger partial charge in [0.05, 0.1) is 24.9 Å². The van der Waals surface area contributed by atoms with Crippen molar-refractivity contribution in [3.63, 3.8) is 0 Å². The fourth-order valence-electron chi connectivity index (χ4n) is 4.30. The number of hydrogen-bond acceptors (Lipinski definition) is 4. The van der Waals surface area contributed by atoms with Crippen molar-refractivity contribution < 1.29 is 23.7 Å². The minimum atomic E-state index is -0.677. The van der Waals surface area contributed by atoms with Gasteiger partial charge in [0.15, 0.2) is 0 Å². The number of phenols is 1. The molecule has 3 unspecified atom stereocenters. The third-order valence-electron chi connectivity index (χ3n) is 6.13. The summed E-state index contributed by atoms with van der Waals surface area (Å²) in [4.78, 5) is 0. The third-order valence-corrected chi connectivity index (χ3v) is 6.13. The highest BCUT2D eigenvalue weighted by molar-refractivity contribution is 5.39. The number of phenolic OH excluding ortho intramolecular Hbond substituents is 1. The van der Waals surface area contributed by atoms with Crippen LogP contribution in [-0.4, -0.2) is 35.1 Å². The van der Waals surface area contributed by atoms with Crippen molar-refractivity contribution in [2.24, 2.45) is 0 Å². The highest BCUT2D eigenvalue weighted by Gasteiger charge is 2.35. The molecule has 4 nitrogen and oxygen atoms in total. The molecule has 32 heavy (non-hydrogen) atoms. The van der Waals surface area contributed by atoms with Crippen molar-refractivity contribution in [3.8, 4) is 5.75 Å². The van der Waals surface area contributed by atoms with E-state index in [0.717, 1.165) is 22.3 Å². The molecule has 1 heterocycles. The molecule has 4 rings (SSSR count). The largest absolute Gasteiger partial charge is 0.507 e. The lowest BCUT2D eigenvalue weighted by molar-refractivity contribution is -0.0718. The first-order valence-corrected chi connectivity index (χ1v) is 10.7. The molecule has 1 aliphatic rings. The van der Waals surface area contributed by atoms with Crippen molar-refractivity contribution in [2.45, 2.75) is 44.1 Å². The van der Waals surface area contributed by atoms with Crippen LogP contribution in [0.15, 0.2) is 66.7 Å². The Labute approximate surface area is 186 Å². The maximum atomic E-state index is 13.5. The van der Waals surface area contributed by atoms with Gasteiger partial charge in [-0.2, -0.15) is 0 Å². The fourth-order valence-corrected chi connectivity index (χ4v) is 4.30. The van der Waals surface area contributed by atoms with E-state index in [0.29, 0.717) is 13.0 Å². The van der Waals surface area contributed by atoms with E-state index in [9.17, 15) is 19.0 Å². The van der Waals surface area contributed by atoms with Gasteiger partial charge in [-0.15, -0.1) is 0 Å². The summed E-state index contributed by atoms with van der Waals surface area (Å²) in [6.07, 6.45) is -0.674. The van der Waals surface area contributed by atoms with Gasteiger partial charge in [0, 0.05) is 24.4 Å². The molecule has 1 saturated heterocycles. The number of halogens is 2. The van der Waals surface area contributed by atoms with Gasteiger partial charge in [0.2, 0.25) is 0 Å². The average molecular weight is 440 g/mol. The smallest absolute Gasteiger partial charge is 0.123 e. The Balaban J connectivity index is 1.49. The average Bonchev–Trinajstić information content (AvgIpc) is 2.78. The lowest BCUT2D eigenvalue weighted by Gasteiger charge is -2.38. The summed E-state index contributed by atoms with van der Waals surface area (Å²) in [5, 5.41) is 24.3. The molecule has 0 aromatic heterocycles. The van der Waals surface area contributed by atoms with Gasteiger partial charge in [0.1, 0.15) is 17.4 Å². The summed E-state index contributed by atoms with van der Waals surface area (Å²) in [7, 11) is 0. The first-order chi connectivity index (χ1) is 15.4. The van der Waals surface area contributed by atoms with Crippen LogP contribution >= 0.6 is 0 Å². The van der Waals surface area contributed by atoms with Gasteiger partial charge in [0.25, 0.3) is 0 Å². The van der Waals surface area contributed by atoms with E-state index in [1.54, 1.807) is 24.3 Å². The van der Waals surface area contributed by atoms with E-state index in [2.05, 4.69) is 5.32 Å². The number of ether oxygens (including phenoxy) is 1. The zero-order valence-corrected chi connectivity index (χ0v) is 17.8. The summed E-state index contributed by atoms with van der Waals surface area (Å²) in [6.45, 7) is 2.52. The highest BCUT2D eigenvalue weighted by Crippen LogP contribution is 2.35. The predicted molar refractivity (Wildman–Crippen MR) is 118 cm³/mol. The molecule has 3 aromatic carbocycles. The molecule has 3 atom stereocenters. The van der Waals surface area contributed by atoms with E-state index in [1.165, 1.54) is 24.3 Å². The van der Waals surface area contributed by atoms with Gasteiger partial charge < -0.3 is 20.3 Å². The van der Waals surface area contributed by atoms with E-state index in [-0.39, 0.29) is 42.1 Å². The van der Waals surface area contributed by atoms with Gasteiger partial charge in [-0.25, -0.2) is 8.78 Å². The number of aliphatic hydroxyl groups excluding tert-OH is 1. The van der Waals surface area contributed by atoms with E-state index >= 15 is 0 Å². The second kappa shape index (κ2) is 9.77. The molecule has 3 aromatic rings. The number of para-hydroxylation sites is 1. The van der Waals surface area contributed by atoms with Crippen molar-refractivity contribution in [3.05, 3.63) is 101 Å². The Bertz CT molecular complexity index is 994. The maximum Gasteiger partial charge on any atom is 0.123 e. The molecule has 1 aliphatic heterocycles. The van der Waals surface area contributed by atoms with Gasteiger partial charge >= 0.3 is 0 Å². The van der Waals surface area contributed by atoms with E-state index in [4.69, 9.17) is 4.74 Å². The maximum absolute atomic E-state index is 13.5.